The molecule has 0 radical (unpaired) electrons. The van der Waals surface area contributed by atoms with Crippen molar-refractivity contribution in [1.29, 1.82) is 0 Å². The van der Waals surface area contributed by atoms with Gasteiger partial charge in [-0.1, -0.05) is 28.1 Å². The van der Waals surface area contributed by atoms with Crippen LogP contribution in [0.3, 0.4) is 0 Å². The van der Waals surface area contributed by atoms with E-state index in [0.29, 0.717) is 12.5 Å². The third kappa shape index (κ3) is 4.13. The Morgan fingerprint density at radius 2 is 2.41 bits per heavy atom. The summed E-state index contributed by atoms with van der Waals surface area (Å²) in [4.78, 5) is 11.8. The molecule has 1 aromatic carbocycles. The lowest BCUT2D eigenvalue weighted by Crippen LogP contribution is -2.46. The summed E-state index contributed by atoms with van der Waals surface area (Å²) in [5, 5.41) is 6.36. The molecule has 1 heterocycles. The van der Waals surface area contributed by atoms with Gasteiger partial charge in [-0.2, -0.15) is 0 Å². The molecule has 0 aliphatic carbocycles. The second-order valence-corrected chi connectivity index (χ2v) is 5.33. The van der Waals surface area contributed by atoms with Gasteiger partial charge in [-0.25, -0.2) is 0 Å². The minimum Gasteiger partial charge on any atom is -0.352 e. The molecule has 1 aromatic rings. The number of piperidine rings is 1. The predicted molar refractivity (Wildman–Crippen MR) is 71.9 cm³/mol. The van der Waals surface area contributed by atoms with Crippen molar-refractivity contribution < 1.29 is 4.79 Å². The van der Waals surface area contributed by atoms with E-state index in [0.717, 1.165) is 36.0 Å². The van der Waals surface area contributed by atoms with Crippen LogP contribution in [0.5, 0.6) is 0 Å². The second-order valence-electron chi connectivity index (χ2n) is 4.42. The van der Waals surface area contributed by atoms with Gasteiger partial charge in [0.2, 0.25) is 5.91 Å². The first kappa shape index (κ1) is 12.6. The number of carbonyl (C=O) groups is 1. The average Bonchev–Trinajstić information content (AvgIpc) is 2.30. The normalized spacial score (nSPS) is 19.9. The maximum atomic E-state index is 11.8. The van der Waals surface area contributed by atoms with Gasteiger partial charge in [0.15, 0.2) is 0 Å². The average molecular weight is 297 g/mol. The van der Waals surface area contributed by atoms with E-state index < -0.39 is 0 Å². The van der Waals surface area contributed by atoms with Crippen LogP contribution >= 0.6 is 15.9 Å². The number of rotatable bonds is 3. The fourth-order valence-electron chi connectivity index (χ4n) is 2.09. The van der Waals surface area contributed by atoms with E-state index in [1.165, 1.54) is 0 Å². The number of hydrogen-bond acceptors (Lipinski definition) is 2. The van der Waals surface area contributed by atoms with E-state index in [4.69, 9.17) is 0 Å². The van der Waals surface area contributed by atoms with Crippen LogP contribution in [-0.4, -0.2) is 25.0 Å². The van der Waals surface area contributed by atoms with Crippen molar-refractivity contribution in [2.75, 3.05) is 13.1 Å². The Kier molecular flexibility index (Phi) is 4.57. The van der Waals surface area contributed by atoms with E-state index >= 15 is 0 Å². The summed E-state index contributed by atoms with van der Waals surface area (Å²) in [6, 6.07) is 8.17. The Bertz CT molecular complexity index is 389. The first-order chi connectivity index (χ1) is 8.24. The Morgan fingerprint density at radius 3 is 3.12 bits per heavy atom. The molecule has 2 rings (SSSR count). The summed E-state index contributed by atoms with van der Waals surface area (Å²) in [7, 11) is 0. The highest BCUT2D eigenvalue weighted by Gasteiger charge is 2.15. The minimum absolute atomic E-state index is 0.108. The molecule has 92 valence electrons. The zero-order valence-electron chi connectivity index (χ0n) is 9.71. The van der Waals surface area contributed by atoms with Crippen molar-refractivity contribution in [3.63, 3.8) is 0 Å². The third-order valence-corrected chi connectivity index (χ3v) is 3.41. The maximum absolute atomic E-state index is 11.8. The molecule has 1 aliphatic rings. The number of halogens is 1. The summed E-state index contributed by atoms with van der Waals surface area (Å²) in [5.74, 6) is 0.108. The van der Waals surface area contributed by atoms with Crippen molar-refractivity contribution in [2.24, 2.45) is 0 Å². The highest BCUT2D eigenvalue weighted by Crippen LogP contribution is 2.12. The van der Waals surface area contributed by atoms with Gasteiger partial charge >= 0.3 is 0 Å². The molecular weight excluding hydrogens is 280 g/mol. The van der Waals surface area contributed by atoms with Crippen molar-refractivity contribution >= 4 is 21.8 Å². The number of hydrogen-bond donors (Lipinski definition) is 2. The maximum Gasteiger partial charge on any atom is 0.224 e. The molecule has 1 amide bonds. The summed E-state index contributed by atoms with van der Waals surface area (Å²) in [6.07, 6.45) is 2.68. The Hall–Kier alpha value is -0.870. The molecule has 0 bridgehead atoms. The first-order valence-electron chi connectivity index (χ1n) is 5.98. The predicted octanol–water partition coefficient (Wildman–Crippen LogP) is 1.86. The standard InChI is InChI=1S/C13H17BrN2O/c14-11-4-1-3-10(7-11)8-13(17)16-12-5-2-6-15-9-12/h1,3-4,7,12,15H,2,5-6,8-9H2,(H,16,17). The highest BCUT2D eigenvalue weighted by atomic mass is 79.9. The molecule has 1 fully saturated rings. The van der Waals surface area contributed by atoms with E-state index in [1.807, 2.05) is 24.3 Å². The van der Waals surface area contributed by atoms with Gasteiger partial charge < -0.3 is 10.6 Å². The largest absolute Gasteiger partial charge is 0.352 e. The smallest absolute Gasteiger partial charge is 0.224 e. The molecule has 0 saturated carbocycles. The van der Waals surface area contributed by atoms with Crippen LogP contribution in [0.2, 0.25) is 0 Å². The summed E-state index contributed by atoms with van der Waals surface area (Å²) in [5.41, 5.74) is 1.04. The molecule has 0 spiro atoms. The molecule has 17 heavy (non-hydrogen) atoms. The van der Waals surface area contributed by atoms with Crippen molar-refractivity contribution in [1.82, 2.24) is 10.6 Å². The molecule has 1 aliphatic heterocycles. The summed E-state index contributed by atoms with van der Waals surface area (Å²) >= 11 is 3.41. The summed E-state index contributed by atoms with van der Waals surface area (Å²) < 4.78 is 1.02. The van der Waals surface area contributed by atoms with Crippen LogP contribution in [0.15, 0.2) is 28.7 Å². The Balaban J connectivity index is 1.84. The van der Waals surface area contributed by atoms with Gasteiger partial charge in [0.1, 0.15) is 0 Å². The molecule has 1 atom stereocenters. The van der Waals surface area contributed by atoms with Crippen molar-refractivity contribution in [3.8, 4) is 0 Å². The van der Waals surface area contributed by atoms with Gasteiger partial charge in [-0.05, 0) is 37.1 Å². The molecular formula is C13H17BrN2O. The molecule has 3 nitrogen and oxygen atoms in total. The van der Waals surface area contributed by atoms with E-state index in [2.05, 4.69) is 26.6 Å². The number of amides is 1. The fraction of sp³-hybridized carbons (Fsp3) is 0.462. The number of carbonyl (C=O) groups excluding carboxylic acids is 1. The quantitative estimate of drug-likeness (QED) is 0.894. The third-order valence-electron chi connectivity index (χ3n) is 2.92. The van der Waals surface area contributed by atoms with Gasteiger partial charge in [0.25, 0.3) is 0 Å². The molecule has 0 aromatic heterocycles. The molecule has 1 saturated heterocycles. The minimum atomic E-state index is 0.108. The Labute approximate surface area is 110 Å². The fourth-order valence-corrected chi connectivity index (χ4v) is 2.53. The van der Waals surface area contributed by atoms with Gasteiger partial charge in [-0.3, -0.25) is 4.79 Å². The highest BCUT2D eigenvalue weighted by molar-refractivity contribution is 9.10. The number of nitrogens with one attached hydrogen (secondary N) is 2. The van der Waals surface area contributed by atoms with Gasteiger partial charge in [-0.15, -0.1) is 0 Å². The van der Waals surface area contributed by atoms with Crippen LogP contribution < -0.4 is 10.6 Å². The van der Waals surface area contributed by atoms with E-state index in [1.54, 1.807) is 0 Å². The van der Waals surface area contributed by atoms with E-state index in [9.17, 15) is 4.79 Å². The van der Waals surface area contributed by atoms with Crippen LogP contribution in [0.25, 0.3) is 0 Å². The zero-order chi connectivity index (χ0) is 12.1. The van der Waals surface area contributed by atoms with Crippen LogP contribution in [0, 0.1) is 0 Å². The zero-order valence-corrected chi connectivity index (χ0v) is 11.3. The van der Waals surface area contributed by atoms with Gasteiger partial charge in [0.05, 0.1) is 6.42 Å². The van der Waals surface area contributed by atoms with Crippen LogP contribution in [-0.2, 0) is 11.2 Å². The Morgan fingerprint density at radius 1 is 1.53 bits per heavy atom. The van der Waals surface area contributed by atoms with Crippen LogP contribution in [0.4, 0.5) is 0 Å². The lowest BCUT2D eigenvalue weighted by molar-refractivity contribution is -0.121. The SMILES string of the molecule is O=C(Cc1cccc(Br)c1)NC1CCCNC1. The monoisotopic (exact) mass is 296 g/mol. The molecule has 2 N–H and O–H groups in total. The number of benzene rings is 1. The second kappa shape index (κ2) is 6.17. The molecule has 1 unspecified atom stereocenters. The molecule has 4 heteroatoms. The first-order valence-corrected chi connectivity index (χ1v) is 6.78. The van der Waals surface area contributed by atoms with Crippen LogP contribution in [0.1, 0.15) is 18.4 Å². The van der Waals surface area contributed by atoms with E-state index in [-0.39, 0.29) is 5.91 Å². The lowest BCUT2D eigenvalue weighted by Gasteiger charge is -2.23. The topological polar surface area (TPSA) is 41.1 Å². The van der Waals surface area contributed by atoms with Crippen molar-refractivity contribution in [2.45, 2.75) is 25.3 Å². The lowest BCUT2D eigenvalue weighted by atomic mass is 10.1. The van der Waals surface area contributed by atoms with Crippen molar-refractivity contribution in [3.05, 3.63) is 34.3 Å². The van der Waals surface area contributed by atoms with Gasteiger partial charge in [0, 0.05) is 17.1 Å². The summed E-state index contributed by atoms with van der Waals surface area (Å²) in [6.45, 7) is 1.96.